The van der Waals surface area contributed by atoms with Crippen LogP contribution in [0.4, 0.5) is 50.1 Å². The van der Waals surface area contributed by atoms with Gasteiger partial charge in [0, 0.05) is 46.7 Å². The first-order valence-electron chi connectivity index (χ1n) is 12.8. The van der Waals surface area contributed by atoms with E-state index >= 15 is 0 Å². The molecular weight excluding hydrogens is 605 g/mol. The standard InChI is InChI=1S/C26H26F9N3O3S/c1-3-37(20-4-6-42(40)7-5-20)22-16(10-19(12-36-22)26(33,34)35)13-38-14(2)21(41-23(38)39)15-8-17(24(27,28)29)11-18(9-15)25(30,31)32/h8-12,14,20-21H,3-7,13H2,1-2H3. The predicted octanol–water partition coefficient (Wildman–Crippen LogP) is 6.96. The second-order valence-electron chi connectivity index (χ2n) is 10.1. The van der Waals surface area contributed by atoms with Gasteiger partial charge in [0.1, 0.15) is 11.9 Å². The number of hydrogen-bond donors (Lipinski definition) is 0. The fourth-order valence-corrected chi connectivity index (χ4v) is 6.47. The lowest BCUT2D eigenvalue weighted by Crippen LogP contribution is -2.41. The molecule has 1 aromatic heterocycles. The van der Waals surface area contributed by atoms with Crippen molar-refractivity contribution in [3.8, 4) is 0 Å². The number of pyridine rings is 1. The summed E-state index contributed by atoms with van der Waals surface area (Å²) >= 11 is 0. The molecule has 2 unspecified atom stereocenters. The Hall–Kier alpha value is -3.04. The maximum atomic E-state index is 13.6. The van der Waals surface area contributed by atoms with Crippen LogP contribution in [0.2, 0.25) is 0 Å². The van der Waals surface area contributed by atoms with E-state index in [4.69, 9.17) is 4.74 Å². The van der Waals surface area contributed by atoms with Crippen molar-refractivity contribution in [2.45, 2.75) is 70.0 Å². The van der Waals surface area contributed by atoms with E-state index in [0.29, 0.717) is 49.2 Å². The molecule has 2 atom stereocenters. The Morgan fingerprint density at radius 2 is 1.48 bits per heavy atom. The SMILES string of the molecule is CCN(c1ncc(C(F)(F)F)cc1CN1C(=O)OC(c2cc(C(F)(F)F)cc(C(F)(F)F)c2)C1C)C1CCS(=O)CC1. The first-order chi connectivity index (χ1) is 19.4. The topological polar surface area (TPSA) is 62.7 Å². The van der Waals surface area contributed by atoms with Crippen LogP contribution in [0.1, 0.15) is 60.6 Å². The van der Waals surface area contributed by atoms with Crippen molar-refractivity contribution in [1.29, 1.82) is 0 Å². The van der Waals surface area contributed by atoms with E-state index in [1.807, 2.05) is 0 Å². The van der Waals surface area contributed by atoms with Crippen LogP contribution in [0, 0.1) is 0 Å². The molecule has 2 aliphatic rings. The molecule has 0 bridgehead atoms. The van der Waals surface area contributed by atoms with Gasteiger partial charge in [0.15, 0.2) is 0 Å². The van der Waals surface area contributed by atoms with Gasteiger partial charge in [0.05, 0.1) is 29.3 Å². The van der Waals surface area contributed by atoms with Crippen molar-refractivity contribution in [3.05, 3.63) is 58.3 Å². The average molecular weight is 632 g/mol. The molecule has 2 aromatic rings. The van der Waals surface area contributed by atoms with Crippen LogP contribution in [0.3, 0.4) is 0 Å². The van der Waals surface area contributed by atoms with Gasteiger partial charge in [-0.3, -0.25) is 9.11 Å². The van der Waals surface area contributed by atoms with Crippen molar-refractivity contribution in [1.82, 2.24) is 9.88 Å². The van der Waals surface area contributed by atoms with Crippen LogP contribution in [0.15, 0.2) is 30.5 Å². The van der Waals surface area contributed by atoms with Gasteiger partial charge in [-0.1, -0.05) is 0 Å². The van der Waals surface area contributed by atoms with Gasteiger partial charge in [-0.05, 0) is 56.5 Å². The summed E-state index contributed by atoms with van der Waals surface area (Å²) in [4.78, 5) is 19.6. The fraction of sp³-hybridized carbons (Fsp3) is 0.538. The molecule has 0 radical (unpaired) electrons. The largest absolute Gasteiger partial charge is 0.439 e. The van der Waals surface area contributed by atoms with Crippen molar-refractivity contribution in [2.75, 3.05) is 23.0 Å². The normalized spacial score (nSPS) is 23.7. The van der Waals surface area contributed by atoms with E-state index in [9.17, 15) is 48.5 Å². The van der Waals surface area contributed by atoms with Gasteiger partial charge in [-0.25, -0.2) is 9.78 Å². The molecule has 0 spiro atoms. The second kappa shape index (κ2) is 11.6. The minimum atomic E-state index is -5.13. The summed E-state index contributed by atoms with van der Waals surface area (Å²) in [6, 6.07) is 0.315. The highest BCUT2D eigenvalue weighted by Gasteiger charge is 2.44. The Morgan fingerprint density at radius 1 is 0.929 bits per heavy atom. The summed E-state index contributed by atoms with van der Waals surface area (Å²) in [5.74, 6) is 0.918. The lowest BCUT2D eigenvalue weighted by atomic mass is 9.97. The summed E-state index contributed by atoms with van der Waals surface area (Å²) in [6.45, 7) is 2.87. The summed E-state index contributed by atoms with van der Waals surface area (Å²) in [6.07, 6.45) is -16.1. The lowest BCUT2D eigenvalue weighted by molar-refractivity contribution is -0.143. The number of aromatic nitrogens is 1. The molecule has 2 fully saturated rings. The van der Waals surface area contributed by atoms with E-state index in [1.54, 1.807) is 11.8 Å². The zero-order chi connectivity index (χ0) is 31.2. The molecule has 4 rings (SSSR count). The Kier molecular flexibility index (Phi) is 8.78. The van der Waals surface area contributed by atoms with Gasteiger partial charge in [0.25, 0.3) is 0 Å². The molecule has 16 heteroatoms. The minimum absolute atomic E-state index is 0.0390. The molecule has 6 nitrogen and oxygen atoms in total. The third-order valence-electron chi connectivity index (χ3n) is 7.35. The molecule has 2 saturated heterocycles. The van der Waals surface area contributed by atoms with Crippen molar-refractivity contribution < 1.29 is 53.3 Å². The molecule has 3 heterocycles. The zero-order valence-electron chi connectivity index (χ0n) is 22.2. The number of benzene rings is 1. The summed E-state index contributed by atoms with van der Waals surface area (Å²) in [5.41, 5.74) is -4.89. The minimum Gasteiger partial charge on any atom is -0.439 e. The van der Waals surface area contributed by atoms with Crippen LogP contribution < -0.4 is 4.90 Å². The third-order valence-corrected chi connectivity index (χ3v) is 8.73. The van der Waals surface area contributed by atoms with Crippen molar-refractivity contribution >= 4 is 22.7 Å². The maximum absolute atomic E-state index is 13.6. The Labute approximate surface area is 237 Å². The van der Waals surface area contributed by atoms with Crippen LogP contribution in [-0.2, 0) is 40.6 Å². The van der Waals surface area contributed by atoms with E-state index in [-0.39, 0.29) is 23.5 Å². The molecule has 0 aliphatic carbocycles. The second-order valence-corrected chi connectivity index (χ2v) is 11.8. The summed E-state index contributed by atoms with van der Waals surface area (Å²) in [5, 5.41) is 0. The summed E-state index contributed by atoms with van der Waals surface area (Å²) < 4.78 is 138. The van der Waals surface area contributed by atoms with E-state index in [2.05, 4.69) is 4.98 Å². The van der Waals surface area contributed by atoms with Crippen molar-refractivity contribution in [3.63, 3.8) is 0 Å². The van der Waals surface area contributed by atoms with E-state index in [0.717, 1.165) is 11.0 Å². The number of rotatable bonds is 6. The fourth-order valence-electron chi connectivity index (χ4n) is 5.19. The van der Waals surface area contributed by atoms with Gasteiger partial charge < -0.3 is 9.64 Å². The molecule has 232 valence electrons. The molecular formula is C26H26F9N3O3S. The Morgan fingerprint density at radius 3 is 1.98 bits per heavy atom. The zero-order valence-corrected chi connectivity index (χ0v) is 23.1. The molecule has 2 aliphatic heterocycles. The van der Waals surface area contributed by atoms with Crippen LogP contribution in [-0.4, -0.2) is 50.3 Å². The van der Waals surface area contributed by atoms with Crippen LogP contribution in [0.5, 0.6) is 0 Å². The van der Waals surface area contributed by atoms with Gasteiger partial charge in [-0.15, -0.1) is 0 Å². The molecule has 42 heavy (non-hydrogen) atoms. The first-order valence-corrected chi connectivity index (χ1v) is 14.3. The number of carbonyl (C=O) groups is 1. The number of nitrogens with zero attached hydrogens (tertiary/aromatic N) is 3. The highest BCUT2D eigenvalue weighted by Crippen LogP contribution is 2.42. The number of amides is 1. The molecule has 0 N–H and O–H groups in total. The predicted molar refractivity (Wildman–Crippen MR) is 134 cm³/mol. The third kappa shape index (κ3) is 6.78. The quantitative estimate of drug-likeness (QED) is 0.323. The number of ether oxygens (including phenoxy) is 1. The lowest BCUT2D eigenvalue weighted by Gasteiger charge is -2.36. The van der Waals surface area contributed by atoms with Crippen LogP contribution in [0.25, 0.3) is 0 Å². The maximum Gasteiger partial charge on any atom is 0.417 e. The van der Waals surface area contributed by atoms with Gasteiger partial charge in [0.2, 0.25) is 0 Å². The van der Waals surface area contributed by atoms with E-state index < -0.39 is 76.4 Å². The number of carbonyl (C=O) groups excluding carboxylic acids is 1. The Bertz CT molecular complexity index is 1300. The smallest absolute Gasteiger partial charge is 0.417 e. The van der Waals surface area contributed by atoms with Crippen molar-refractivity contribution in [2.24, 2.45) is 0 Å². The number of cyclic esters (lactones) is 1. The van der Waals surface area contributed by atoms with Crippen LogP contribution >= 0.6 is 0 Å². The first kappa shape index (κ1) is 31.9. The highest BCUT2D eigenvalue weighted by atomic mass is 32.2. The number of anilines is 1. The molecule has 1 aromatic carbocycles. The van der Waals surface area contributed by atoms with Gasteiger partial charge >= 0.3 is 24.6 Å². The van der Waals surface area contributed by atoms with Gasteiger partial charge in [-0.2, -0.15) is 39.5 Å². The average Bonchev–Trinajstić information content (AvgIpc) is 3.17. The number of halogens is 9. The van der Waals surface area contributed by atoms with E-state index in [1.165, 1.54) is 6.92 Å². The number of hydrogen-bond acceptors (Lipinski definition) is 5. The highest BCUT2D eigenvalue weighted by molar-refractivity contribution is 7.85. The number of alkyl halides is 9. The summed E-state index contributed by atoms with van der Waals surface area (Å²) in [7, 11) is -1.01. The monoisotopic (exact) mass is 631 g/mol. The Balaban J connectivity index is 1.71. The molecule has 1 amide bonds. The molecule has 0 saturated carbocycles.